The molecule has 4 rings (SSSR count). The van der Waals surface area contributed by atoms with Gasteiger partial charge in [0.2, 0.25) is 11.8 Å². The van der Waals surface area contributed by atoms with Crippen LogP contribution in [-0.4, -0.2) is 29.9 Å². The van der Waals surface area contributed by atoms with Crippen molar-refractivity contribution in [3.8, 4) is 16.3 Å². The maximum absolute atomic E-state index is 12.5. The highest BCUT2D eigenvalue weighted by molar-refractivity contribution is 7.13. The third kappa shape index (κ3) is 4.52. The van der Waals surface area contributed by atoms with E-state index in [4.69, 9.17) is 4.74 Å². The van der Waals surface area contributed by atoms with E-state index in [1.165, 1.54) is 11.3 Å². The first kappa shape index (κ1) is 20.1. The Morgan fingerprint density at radius 2 is 2.10 bits per heavy atom. The molecule has 0 atom stereocenters. The van der Waals surface area contributed by atoms with E-state index in [0.29, 0.717) is 24.4 Å². The predicted molar refractivity (Wildman–Crippen MR) is 119 cm³/mol. The molecule has 3 aromatic rings. The van der Waals surface area contributed by atoms with Crippen molar-refractivity contribution in [1.29, 1.82) is 0 Å². The minimum absolute atomic E-state index is 0.126. The van der Waals surface area contributed by atoms with Gasteiger partial charge < -0.3 is 15.0 Å². The second-order valence-corrected chi connectivity index (χ2v) is 7.86. The number of para-hydroxylation sites is 1. The van der Waals surface area contributed by atoms with Crippen LogP contribution in [-0.2, 0) is 16.0 Å². The van der Waals surface area contributed by atoms with Crippen molar-refractivity contribution in [2.45, 2.75) is 26.2 Å². The average molecular weight is 422 g/mol. The predicted octanol–water partition coefficient (Wildman–Crippen LogP) is 4.52. The van der Waals surface area contributed by atoms with Crippen molar-refractivity contribution in [3.63, 3.8) is 0 Å². The molecule has 2 amide bonds. The van der Waals surface area contributed by atoms with Gasteiger partial charge in [0.1, 0.15) is 10.8 Å². The monoisotopic (exact) mass is 421 g/mol. The van der Waals surface area contributed by atoms with Crippen LogP contribution in [0.1, 0.15) is 25.5 Å². The Morgan fingerprint density at radius 3 is 2.90 bits per heavy atom. The van der Waals surface area contributed by atoms with Crippen LogP contribution in [0.2, 0.25) is 0 Å². The van der Waals surface area contributed by atoms with Crippen LogP contribution in [0.25, 0.3) is 10.6 Å². The molecule has 6 nitrogen and oxygen atoms in total. The van der Waals surface area contributed by atoms with Crippen LogP contribution in [0.15, 0.2) is 53.9 Å². The summed E-state index contributed by atoms with van der Waals surface area (Å²) in [4.78, 5) is 30.9. The molecular formula is C23H23N3O3S. The van der Waals surface area contributed by atoms with E-state index < -0.39 is 0 Å². The molecule has 0 aliphatic carbocycles. The lowest BCUT2D eigenvalue weighted by Gasteiger charge is -2.16. The molecule has 0 unspecified atom stereocenters. The zero-order valence-electron chi connectivity index (χ0n) is 16.8. The van der Waals surface area contributed by atoms with Crippen molar-refractivity contribution in [1.82, 2.24) is 4.98 Å². The van der Waals surface area contributed by atoms with Gasteiger partial charge in [-0.05, 0) is 43.7 Å². The van der Waals surface area contributed by atoms with Gasteiger partial charge in [0.15, 0.2) is 0 Å². The third-order valence-corrected chi connectivity index (χ3v) is 5.75. The number of rotatable bonds is 7. The van der Waals surface area contributed by atoms with Gasteiger partial charge in [-0.2, -0.15) is 0 Å². The number of nitrogens with zero attached hydrogens (tertiary/aromatic N) is 2. The minimum Gasteiger partial charge on any atom is -0.493 e. The van der Waals surface area contributed by atoms with Crippen LogP contribution < -0.4 is 15.0 Å². The van der Waals surface area contributed by atoms with Crippen LogP contribution >= 0.6 is 11.3 Å². The maximum atomic E-state index is 12.5. The number of anilines is 2. The topological polar surface area (TPSA) is 71.5 Å². The standard InChI is InChI=1S/C23H23N3O3S/c1-2-29-20-10-4-3-9-19(20)23-25-17(15-30-23)14-21(27)24-16-7-5-8-18(13-16)26-12-6-11-22(26)28/h3-5,7-10,13,15H,2,6,11-12,14H2,1H3,(H,24,27). The molecule has 30 heavy (non-hydrogen) atoms. The lowest BCUT2D eigenvalue weighted by molar-refractivity contribution is -0.117. The molecule has 1 aliphatic heterocycles. The van der Waals surface area contributed by atoms with E-state index in [1.807, 2.05) is 60.8 Å². The second kappa shape index (κ2) is 9.09. The number of hydrogen-bond donors (Lipinski definition) is 1. The van der Waals surface area contributed by atoms with E-state index in [9.17, 15) is 9.59 Å². The molecule has 0 saturated carbocycles. The SMILES string of the molecule is CCOc1ccccc1-c1nc(CC(=O)Nc2cccc(N3CCCC3=O)c2)cs1. The fourth-order valence-electron chi connectivity index (χ4n) is 3.48. The molecule has 2 aromatic carbocycles. The molecule has 0 bridgehead atoms. The number of ether oxygens (including phenoxy) is 1. The first-order chi connectivity index (χ1) is 14.6. The molecule has 1 N–H and O–H groups in total. The van der Waals surface area contributed by atoms with E-state index in [-0.39, 0.29) is 18.2 Å². The molecule has 1 aromatic heterocycles. The van der Waals surface area contributed by atoms with Crippen LogP contribution in [0.4, 0.5) is 11.4 Å². The Balaban J connectivity index is 1.43. The molecule has 7 heteroatoms. The minimum atomic E-state index is -0.144. The Hall–Kier alpha value is -3.19. The molecule has 2 heterocycles. The van der Waals surface area contributed by atoms with Gasteiger partial charge in [0.05, 0.1) is 24.3 Å². The normalized spacial score (nSPS) is 13.5. The summed E-state index contributed by atoms with van der Waals surface area (Å²) in [6.07, 6.45) is 1.63. The highest BCUT2D eigenvalue weighted by Crippen LogP contribution is 2.32. The van der Waals surface area contributed by atoms with Gasteiger partial charge in [0, 0.05) is 29.7 Å². The highest BCUT2D eigenvalue weighted by atomic mass is 32.1. The van der Waals surface area contributed by atoms with Crippen molar-refractivity contribution in [3.05, 3.63) is 59.6 Å². The van der Waals surface area contributed by atoms with Crippen molar-refractivity contribution in [2.24, 2.45) is 0 Å². The summed E-state index contributed by atoms with van der Waals surface area (Å²) in [5, 5.41) is 5.64. The summed E-state index contributed by atoms with van der Waals surface area (Å²) < 4.78 is 5.68. The number of thiazole rings is 1. The lowest BCUT2D eigenvalue weighted by atomic mass is 10.2. The van der Waals surface area contributed by atoms with E-state index in [2.05, 4.69) is 10.3 Å². The van der Waals surface area contributed by atoms with Gasteiger partial charge in [-0.1, -0.05) is 18.2 Å². The first-order valence-corrected chi connectivity index (χ1v) is 10.9. The Kier molecular flexibility index (Phi) is 6.09. The first-order valence-electron chi connectivity index (χ1n) is 10.0. The van der Waals surface area contributed by atoms with E-state index >= 15 is 0 Å². The van der Waals surface area contributed by atoms with Gasteiger partial charge in [-0.15, -0.1) is 11.3 Å². The Labute approximate surface area is 179 Å². The van der Waals surface area contributed by atoms with Crippen molar-refractivity contribution < 1.29 is 14.3 Å². The largest absolute Gasteiger partial charge is 0.493 e. The number of nitrogens with one attached hydrogen (secondary N) is 1. The summed E-state index contributed by atoms with van der Waals surface area (Å²) in [7, 11) is 0. The second-order valence-electron chi connectivity index (χ2n) is 7.00. The lowest BCUT2D eigenvalue weighted by Crippen LogP contribution is -2.23. The zero-order chi connectivity index (χ0) is 20.9. The van der Waals surface area contributed by atoms with Crippen molar-refractivity contribution >= 4 is 34.5 Å². The number of benzene rings is 2. The number of amides is 2. The van der Waals surface area contributed by atoms with Crippen molar-refractivity contribution in [2.75, 3.05) is 23.4 Å². The fourth-order valence-corrected chi connectivity index (χ4v) is 4.33. The Morgan fingerprint density at radius 1 is 1.23 bits per heavy atom. The number of carbonyl (C=O) groups excluding carboxylic acids is 2. The molecule has 154 valence electrons. The quantitative estimate of drug-likeness (QED) is 0.609. The van der Waals surface area contributed by atoms with Gasteiger partial charge in [0.25, 0.3) is 0 Å². The molecular weight excluding hydrogens is 398 g/mol. The molecule has 0 radical (unpaired) electrons. The van der Waals surface area contributed by atoms with Crippen LogP contribution in [0, 0.1) is 0 Å². The summed E-state index contributed by atoms with van der Waals surface area (Å²) in [6, 6.07) is 15.2. The molecule has 1 aliphatic rings. The van der Waals surface area contributed by atoms with E-state index in [1.54, 1.807) is 4.90 Å². The summed E-state index contributed by atoms with van der Waals surface area (Å²) in [6.45, 7) is 3.25. The maximum Gasteiger partial charge on any atom is 0.230 e. The molecule has 1 fully saturated rings. The van der Waals surface area contributed by atoms with Crippen LogP contribution in [0.5, 0.6) is 5.75 Å². The smallest absolute Gasteiger partial charge is 0.230 e. The summed E-state index contributed by atoms with van der Waals surface area (Å²) in [5.74, 6) is 0.772. The van der Waals surface area contributed by atoms with Gasteiger partial charge in [-0.25, -0.2) is 4.98 Å². The number of aromatic nitrogens is 1. The van der Waals surface area contributed by atoms with Gasteiger partial charge >= 0.3 is 0 Å². The summed E-state index contributed by atoms with van der Waals surface area (Å²) >= 11 is 1.50. The Bertz CT molecular complexity index is 1060. The zero-order valence-corrected chi connectivity index (χ0v) is 17.6. The molecule has 1 saturated heterocycles. The van der Waals surface area contributed by atoms with E-state index in [0.717, 1.165) is 35.0 Å². The fraction of sp³-hybridized carbons (Fsp3) is 0.261. The average Bonchev–Trinajstić information content (AvgIpc) is 3.38. The molecule has 0 spiro atoms. The van der Waals surface area contributed by atoms with Crippen LogP contribution in [0.3, 0.4) is 0 Å². The number of carbonyl (C=O) groups is 2. The van der Waals surface area contributed by atoms with Gasteiger partial charge in [-0.3, -0.25) is 9.59 Å². The highest BCUT2D eigenvalue weighted by Gasteiger charge is 2.22. The number of hydrogen-bond acceptors (Lipinski definition) is 5. The third-order valence-electron chi connectivity index (χ3n) is 4.83. The summed E-state index contributed by atoms with van der Waals surface area (Å²) in [5.41, 5.74) is 3.14.